The second-order valence-electron chi connectivity index (χ2n) is 9.99. The summed E-state index contributed by atoms with van der Waals surface area (Å²) in [4.78, 5) is 52.7. The van der Waals surface area contributed by atoms with Crippen LogP contribution >= 0.6 is 11.6 Å². The lowest BCUT2D eigenvalue weighted by Gasteiger charge is -2.35. The highest BCUT2D eigenvalue weighted by molar-refractivity contribution is 6.33. The van der Waals surface area contributed by atoms with Crippen LogP contribution in [0.3, 0.4) is 0 Å². The van der Waals surface area contributed by atoms with Crippen molar-refractivity contribution in [1.82, 2.24) is 19.5 Å². The minimum Gasteiger partial charge on any atom is -0.459 e. The van der Waals surface area contributed by atoms with Gasteiger partial charge in [-0.1, -0.05) is 72.8 Å². The Bertz CT molecular complexity index is 1850. The van der Waals surface area contributed by atoms with Crippen LogP contribution in [0.1, 0.15) is 37.3 Å². The van der Waals surface area contributed by atoms with Crippen molar-refractivity contribution in [2.75, 3.05) is 6.61 Å². The van der Waals surface area contributed by atoms with Crippen LogP contribution in [0.5, 0.6) is 0 Å². The number of imidazole rings is 1. The lowest BCUT2D eigenvalue weighted by molar-refractivity contribution is -0.0916. The first kappa shape index (κ1) is 29.7. The molecule has 0 aliphatic carbocycles. The van der Waals surface area contributed by atoms with E-state index in [4.69, 9.17) is 30.5 Å². The van der Waals surface area contributed by atoms with Gasteiger partial charge in [0.1, 0.15) is 24.6 Å². The molecular weight excluding hydrogens is 600 g/mol. The van der Waals surface area contributed by atoms with Crippen LogP contribution in [0, 0.1) is 0 Å². The topological polar surface area (TPSA) is 132 Å². The summed E-state index contributed by atoms with van der Waals surface area (Å²) in [6.07, 6.45) is 0.196. The summed E-state index contributed by atoms with van der Waals surface area (Å²) in [6, 6.07) is 24.9. The minimum absolute atomic E-state index is 0.0858. The summed E-state index contributed by atoms with van der Waals surface area (Å²) in [6.45, 7) is 3.60. The number of aromatic nitrogens is 4. The van der Waals surface area contributed by atoms with Crippen molar-refractivity contribution < 1.29 is 33.3 Å². The maximum absolute atomic E-state index is 13.6. The maximum atomic E-state index is 13.6. The van der Waals surface area contributed by atoms with Crippen LogP contribution in [0.15, 0.2) is 116 Å². The summed E-state index contributed by atoms with van der Waals surface area (Å²) < 4.78 is 25.8. The van der Waals surface area contributed by atoms with Gasteiger partial charge < -0.3 is 18.9 Å². The lowest BCUT2D eigenvalue weighted by Crippen LogP contribution is -2.51. The molecule has 0 saturated carbocycles. The number of benzene rings is 3. The molecule has 2 aromatic heterocycles. The van der Waals surface area contributed by atoms with Gasteiger partial charge >= 0.3 is 17.9 Å². The fourth-order valence-corrected chi connectivity index (χ4v) is 5.26. The van der Waals surface area contributed by atoms with Gasteiger partial charge in [-0.3, -0.25) is 4.57 Å². The van der Waals surface area contributed by atoms with Gasteiger partial charge in [0.15, 0.2) is 23.1 Å². The summed E-state index contributed by atoms with van der Waals surface area (Å²) >= 11 is 6.28. The van der Waals surface area contributed by atoms with Crippen molar-refractivity contribution in [3.05, 3.63) is 138 Å². The highest BCUT2D eigenvalue weighted by atomic mass is 35.5. The SMILES string of the molecule is C=CC1(OC(=O)c2ccccc2)C(OC(=O)c2ccccc2)C(COC(=O)c2ccccc2)OC1n1cnc2c(Cl)ncnc21. The molecule has 226 valence electrons. The standard InChI is InChI=1S/C33H25ClN4O7/c1-2-33(45-31(41)23-16-10-5-11-17-23)26(44-30(40)22-14-8-4-9-15-22)24(18-42-29(39)21-12-6-3-7-13-21)43-32(33)38-20-37-25-27(34)35-19-36-28(25)38/h2-17,19-20,24,26,32H,1,18H2. The molecule has 1 aliphatic heterocycles. The average Bonchev–Trinajstić information content (AvgIpc) is 3.64. The third-order valence-electron chi connectivity index (χ3n) is 7.27. The van der Waals surface area contributed by atoms with Gasteiger partial charge in [0.05, 0.1) is 23.0 Å². The van der Waals surface area contributed by atoms with Gasteiger partial charge in [-0.25, -0.2) is 29.3 Å². The molecule has 4 unspecified atom stereocenters. The molecule has 0 N–H and O–H groups in total. The lowest BCUT2D eigenvalue weighted by atomic mass is 9.92. The molecule has 1 aliphatic rings. The molecule has 11 nitrogen and oxygen atoms in total. The largest absolute Gasteiger partial charge is 0.459 e. The number of halogens is 1. The zero-order valence-corrected chi connectivity index (χ0v) is 24.3. The molecular formula is C33H25ClN4O7. The zero-order valence-electron chi connectivity index (χ0n) is 23.6. The molecule has 4 atom stereocenters. The first-order valence-electron chi connectivity index (χ1n) is 13.8. The van der Waals surface area contributed by atoms with Crippen LogP contribution in [-0.2, 0) is 18.9 Å². The van der Waals surface area contributed by atoms with E-state index in [9.17, 15) is 14.4 Å². The normalized spacial score (nSPS) is 20.8. The molecule has 0 spiro atoms. The predicted octanol–water partition coefficient (Wildman–Crippen LogP) is 5.24. The first-order valence-corrected chi connectivity index (χ1v) is 14.2. The Kier molecular flexibility index (Phi) is 8.37. The Balaban J connectivity index is 1.45. The third-order valence-corrected chi connectivity index (χ3v) is 7.55. The smallest absolute Gasteiger partial charge is 0.339 e. The second-order valence-corrected chi connectivity index (χ2v) is 10.3. The molecule has 1 saturated heterocycles. The Morgan fingerprint density at radius 3 is 2.02 bits per heavy atom. The van der Waals surface area contributed by atoms with Crippen LogP contribution in [0.25, 0.3) is 11.2 Å². The van der Waals surface area contributed by atoms with E-state index >= 15 is 0 Å². The van der Waals surface area contributed by atoms with Crippen molar-refractivity contribution in [2.24, 2.45) is 0 Å². The molecule has 6 rings (SSSR count). The van der Waals surface area contributed by atoms with Crippen LogP contribution in [0.4, 0.5) is 0 Å². The highest BCUT2D eigenvalue weighted by Gasteiger charge is 2.62. The quantitative estimate of drug-likeness (QED) is 0.0928. The third kappa shape index (κ3) is 5.78. The van der Waals surface area contributed by atoms with Gasteiger partial charge in [-0.05, 0) is 42.5 Å². The Hall–Kier alpha value is -5.39. The number of rotatable bonds is 9. The number of carbonyl (C=O) groups is 3. The fourth-order valence-electron chi connectivity index (χ4n) is 5.08. The maximum Gasteiger partial charge on any atom is 0.339 e. The summed E-state index contributed by atoms with van der Waals surface area (Å²) in [5, 5.41) is 0.0858. The van der Waals surface area contributed by atoms with Gasteiger partial charge in [0, 0.05) is 0 Å². The van der Waals surface area contributed by atoms with Crippen molar-refractivity contribution in [3.63, 3.8) is 0 Å². The molecule has 3 heterocycles. The number of hydrogen-bond acceptors (Lipinski definition) is 10. The number of fused-ring (bicyclic) bond motifs is 1. The van der Waals surface area contributed by atoms with Gasteiger partial charge in [-0.15, -0.1) is 0 Å². The van der Waals surface area contributed by atoms with Crippen molar-refractivity contribution in [1.29, 1.82) is 0 Å². The number of esters is 3. The fraction of sp³-hybridized carbons (Fsp3) is 0.152. The van der Waals surface area contributed by atoms with Gasteiger partial charge in [-0.2, -0.15) is 0 Å². The van der Waals surface area contributed by atoms with Crippen molar-refractivity contribution in [2.45, 2.75) is 24.0 Å². The second kappa shape index (κ2) is 12.7. The van der Waals surface area contributed by atoms with E-state index in [1.54, 1.807) is 91.0 Å². The molecule has 0 radical (unpaired) electrons. The van der Waals surface area contributed by atoms with Crippen molar-refractivity contribution >= 4 is 40.7 Å². The zero-order chi connectivity index (χ0) is 31.4. The van der Waals surface area contributed by atoms with E-state index in [0.717, 1.165) is 0 Å². The molecule has 1 fully saturated rings. The number of hydrogen-bond donors (Lipinski definition) is 0. The van der Waals surface area contributed by atoms with Crippen molar-refractivity contribution in [3.8, 4) is 0 Å². The molecule has 5 aromatic rings. The Labute approximate surface area is 262 Å². The average molecular weight is 625 g/mol. The van der Waals surface area contributed by atoms with E-state index < -0.39 is 41.9 Å². The molecule has 12 heteroatoms. The highest BCUT2D eigenvalue weighted by Crippen LogP contribution is 2.46. The first-order chi connectivity index (χ1) is 21.9. The Morgan fingerprint density at radius 2 is 1.42 bits per heavy atom. The van der Waals surface area contributed by atoms with E-state index in [1.807, 2.05) is 0 Å². The molecule has 45 heavy (non-hydrogen) atoms. The van der Waals surface area contributed by atoms with E-state index in [0.29, 0.717) is 5.56 Å². The summed E-state index contributed by atoms with van der Waals surface area (Å²) in [5.41, 5.74) is -0.607. The number of ether oxygens (including phenoxy) is 4. The number of carbonyl (C=O) groups excluding carboxylic acids is 3. The Morgan fingerprint density at radius 1 is 0.844 bits per heavy atom. The van der Waals surface area contributed by atoms with Gasteiger partial charge in [0.25, 0.3) is 0 Å². The number of nitrogens with zero attached hydrogens (tertiary/aromatic N) is 4. The predicted molar refractivity (Wildman–Crippen MR) is 161 cm³/mol. The monoisotopic (exact) mass is 624 g/mol. The molecule has 3 aromatic carbocycles. The van der Waals surface area contributed by atoms with E-state index in [1.165, 1.54) is 23.3 Å². The van der Waals surface area contributed by atoms with E-state index in [-0.39, 0.29) is 34.1 Å². The minimum atomic E-state index is -1.88. The van der Waals surface area contributed by atoms with Crippen LogP contribution < -0.4 is 0 Å². The van der Waals surface area contributed by atoms with Crippen LogP contribution in [-0.4, -0.2) is 61.8 Å². The summed E-state index contributed by atoms with van der Waals surface area (Å²) in [7, 11) is 0. The van der Waals surface area contributed by atoms with Gasteiger partial charge in [0.2, 0.25) is 5.60 Å². The van der Waals surface area contributed by atoms with E-state index in [2.05, 4.69) is 21.5 Å². The van der Waals surface area contributed by atoms with Crippen LogP contribution in [0.2, 0.25) is 5.15 Å². The molecule has 0 amide bonds. The molecule has 0 bridgehead atoms. The summed E-state index contributed by atoms with van der Waals surface area (Å²) in [5.74, 6) is -2.11.